The molecule has 1 saturated carbocycles. The SMILES string of the molecule is CCCc1ccc(C=CC2CCC(c3ccc(CC)c(F)c3F)CC2)c(F)c1. The first-order valence-corrected chi connectivity index (χ1v) is 10.5. The zero-order valence-corrected chi connectivity index (χ0v) is 16.8. The molecule has 0 aromatic heterocycles. The predicted octanol–water partition coefficient (Wildman–Crippen LogP) is 7.61. The molecule has 0 amide bonds. The summed E-state index contributed by atoms with van der Waals surface area (Å²) in [6.07, 6.45) is 9.81. The van der Waals surface area contributed by atoms with E-state index in [0.717, 1.165) is 44.1 Å². The molecule has 2 aromatic carbocycles. The first-order valence-electron chi connectivity index (χ1n) is 10.5. The highest BCUT2D eigenvalue weighted by molar-refractivity contribution is 5.51. The molecule has 3 rings (SSSR count). The normalized spacial score (nSPS) is 20.0. The van der Waals surface area contributed by atoms with Crippen LogP contribution in [-0.2, 0) is 12.8 Å². The highest BCUT2D eigenvalue weighted by atomic mass is 19.2. The van der Waals surface area contributed by atoms with E-state index >= 15 is 0 Å². The van der Waals surface area contributed by atoms with Gasteiger partial charge in [0.05, 0.1) is 0 Å². The Hall–Kier alpha value is -2.03. The summed E-state index contributed by atoms with van der Waals surface area (Å²) in [5.74, 6) is -1.12. The molecule has 0 nitrogen and oxygen atoms in total. The molecule has 3 heteroatoms. The molecule has 0 N–H and O–H groups in total. The second kappa shape index (κ2) is 9.45. The van der Waals surface area contributed by atoms with Crippen LogP contribution in [0.4, 0.5) is 13.2 Å². The highest BCUT2D eigenvalue weighted by Crippen LogP contribution is 2.38. The largest absolute Gasteiger partial charge is 0.206 e. The van der Waals surface area contributed by atoms with Crippen LogP contribution in [0.15, 0.2) is 36.4 Å². The van der Waals surface area contributed by atoms with Crippen molar-refractivity contribution >= 4 is 6.08 Å². The highest BCUT2D eigenvalue weighted by Gasteiger charge is 2.25. The molecule has 1 aliphatic rings. The lowest BCUT2D eigenvalue weighted by Crippen LogP contribution is -2.14. The average molecular weight is 387 g/mol. The number of hydrogen-bond donors (Lipinski definition) is 0. The summed E-state index contributed by atoms with van der Waals surface area (Å²) in [6.45, 7) is 3.91. The Kier molecular flexibility index (Phi) is 6.98. The minimum absolute atomic E-state index is 0.0649. The predicted molar refractivity (Wildman–Crippen MR) is 110 cm³/mol. The molecular formula is C25H29F3. The van der Waals surface area contributed by atoms with E-state index < -0.39 is 11.6 Å². The van der Waals surface area contributed by atoms with E-state index in [4.69, 9.17) is 0 Å². The zero-order chi connectivity index (χ0) is 20.1. The van der Waals surface area contributed by atoms with Crippen molar-refractivity contribution in [3.05, 3.63) is 76.1 Å². The molecule has 0 saturated heterocycles. The summed E-state index contributed by atoms with van der Waals surface area (Å²) < 4.78 is 42.7. The van der Waals surface area contributed by atoms with Gasteiger partial charge in [-0.15, -0.1) is 0 Å². The number of hydrogen-bond acceptors (Lipinski definition) is 0. The quantitative estimate of drug-likeness (QED) is 0.479. The third-order valence-corrected chi connectivity index (χ3v) is 5.94. The molecular weight excluding hydrogens is 357 g/mol. The number of aryl methyl sites for hydroxylation is 2. The molecule has 1 aliphatic carbocycles. The maximum Gasteiger partial charge on any atom is 0.162 e. The van der Waals surface area contributed by atoms with Crippen molar-refractivity contribution in [2.75, 3.05) is 0 Å². The van der Waals surface area contributed by atoms with Crippen molar-refractivity contribution in [2.45, 2.75) is 64.7 Å². The molecule has 0 spiro atoms. The Labute approximate surface area is 166 Å². The zero-order valence-electron chi connectivity index (χ0n) is 16.8. The third-order valence-electron chi connectivity index (χ3n) is 5.94. The first kappa shape index (κ1) is 20.7. The standard InChI is InChI=1S/C25H29F3/c1-3-5-18-9-13-21(23(26)16-18)12-8-17-6-10-20(11-7-17)22-15-14-19(4-2)24(27)25(22)28/h8-9,12-17,20H,3-7,10-11H2,1-2H3. The molecule has 150 valence electrons. The van der Waals surface area contributed by atoms with Crippen LogP contribution in [0, 0.1) is 23.4 Å². The monoisotopic (exact) mass is 386 g/mol. The van der Waals surface area contributed by atoms with Crippen LogP contribution in [0.3, 0.4) is 0 Å². The Balaban J connectivity index is 1.62. The second-order valence-corrected chi connectivity index (χ2v) is 7.87. The second-order valence-electron chi connectivity index (χ2n) is 7.87. The summed E-state index contributed by atoms with van der Waals surface area (Å²) in [4.78, 5) is 0. The molecule has 0 unspecified atom stereocenters. The van der Waals surface area contributed by atoms with Crippen molar-refractivity contribution in [1.82, 2.24) is 0 Å². The first-order chi connectivity index (χ1) is 13.5. The van der Waals surface area contributed by atoms with E-state index in [0.29, 0.717) is 29.0 Å². The number of rotatable bonds is 6. The number of benzene rings is 2. The number of allylic oxidation sites excluding steroid dienone is 1. The molecule has 0 aliphatic heterocycles. The van der Waals surface area contributed by atoms with Crippen molar-refractivity contribution in [3.8, 4) is 0 Å². The van der Waals surface area contributed by atoms with Gasteiger partial charge in [-0.3, -0.25) is 0 Å². The fourth-order valence-electron chi connectivity index (χ4n) is 4.21. The van der Waals surface area contributed by atoms with Crippen molar-refractivity contribution in [1.29, 1.82) is 0 Å². The van der Waals surface area contributed by atoms with E-state index in [-0.39, 0.29) is 11.7 Å². The van der Waals surface area contributed by atoms with Crippen LogP contribution < -0.4 is 0 Å². The van der Waals surface area contributed by atoms with Crippen LogP contribution in [-0.4, -0.2) is 0 Å². The lowest BCUT2D eigenvalue weighted by Gasteiger charge is -2.27. The molecule has 2 aromatic rings. The summed E-state index contributed by atoms with van der Waals surface area (Å²) in [7, 11) is 0. The summed E-state index contributed by atoms with van der Waals surface area (Å²) in [5.41, 5.74) is 2.59. The van der Waals surface area contributed by atoms with E-state index in [2.05, 4.69) is 13.0 Å². The van der Waals surface area contributed by atoms with Gasteiger partial charge in [0, 0.05) is 5.56 Å². The van der Waals surface area contributed by atoms with Crippen molar-refractivity contribution in [3.63, 3.8) is 0 Å². The fraction of sp³-hybridized carbons (Fsp3) is 0.440. The molecule has 0 bridgehead atoms. The maximum atomic E-state index is 14.4. The van der Waals surface area contributed by atoms with Gasteiger partial charge in [-0.2, -0.15) is 0 Å². The van der Waals surface area contributed by atoms with Gasteiger partial charge in [0.15, 0.2) is 11.6 Å². The van der Waals surface area contributed by atoms with Gasteiger partial charge in [-0.1, -0.05) is 56.7 Å². The van der Waals surface area contributed by atoms with E-state index in [1.165, 1.54) is 0 Å². The summed E-state index contributed by atoms with van der Waals surface area (Å²) in [6, 6.07) is 8.92. The Morgan fingerprint density at radius 1 is 0.929 bits per heavy atom. The van der Waals surface area contributed by atoms with Gasteiger partial charge in [0.1, 0.15) is 5.82 Å². The minimum Gasteiger partial charge on any atom is -0.206 e. The molecule has 28 heavy (non-hydrogen) atoms. The van der Waals surface area contributed by atoms with Crippen LogP contribution in [0.2, 0.25) is 0 Å². The van der Waals surface area contributed by atoms with Gasteiger partial charge in [0.2, 0.25) is 0 Å². The Bertz CT molecular complexity index is 830. The Morgan fingerprint density at radius 3 is 2.32 bits per heavy atom. The van der Waals surface area contributed by atoms with Gasteiger partial charge in [0.25, 0.3) is 0 Å². The fourth-order valence-corrected chi connectivity index (χ4v) is 4.21. The van der Waals surface area contributed by atoms with Crippen LogP contribution in [0.25, 0.3) is 6.08 Å². The van der Waals surface area contributed by atoms with Crippen molar-refractivity contribution < 1.29 is 13.2 Å². The summed E-state index contributed by atoms with van der Waals surface area (Å²) in [5, 5.41) is 0. The maximum absolute atomic E-state index is 14.4. The van der Waals surface area contributed by atoms with E-state index in [1.807, 2.05) is 25.1 Å². The van der Waals surface area contributed by atoms with Gasteiger partial charge < -0.3 is 0 Å². The Morgan fingerprint density at radius 2 is 1.68 bits per heavy atom. The summed E-state index contributed by atoms with van der Waals surface area (Å²) >= 11 is 0. The number of halogens is 3. The molecule has 0 atom stereocenters. The van der Waals surface area contributed by atoms with Crippen molar-refractivity contribution in [2.24, 2.45) is 5.92 Å². The van der Waals surface area contributed by atoms with Gasteiger partial charge in [-0.05, 0) is 73.1 Å². The van der Waals surface area contributed by atoms with Crippen LogP contribution >= 0.6 is 0 Å². The topological polar surface area (TPSA) is 0 Å². The van der Waals surface area contributed by atoms with Gasteiger partial charge >= 0.3 is 0 Å². The van der Waals surface area contributed by atoms with Crippen LogP contribution in [0.5, 0.6) is 0 Å². The van der Waals surface area contributed by atoms with E-state index in [1.54, 1.807) is 18.2 Å². The lowest BCUT2D eigenvalue weighted by atomic mass is 9.78. The smallest absolute Gasteiger partial charge is 0.162 e. The lowest BCUT2D eigenvalue weighted by molar-refractivity contribution is 0.364. The van der Waals surface area contributed by atoms with Gasteiger partial charge in [-0.25, -0.2) is 13.2 Å². The minimum atomic E-state index is -0.691. The molecule has 0 radical (unpaired) electrons. The average Bonchev–Trinajstić information content (AvgIpc) is 2.70. The molecule has 0 heterocycles. The van der Waals surface area contributed by atoms with E-state index in [9.17, 15) is 13.2 Å². The molecule has 1 fully saturated rings. The third kappa shape index (κ3) is 4.68. The van der Waals surface area contributed by atoms with Crippen LogP contribution in [0.1, 0.15) is 74.1 Å².